The van der Waals surface area contributed by atoms with Crippen molar-refractivity contribution in [2.45, 2.75) is 20.8 Å². The van der Waals surface area contributed by atoms with Crippen molar-refractivity contribution in [3.8, 4) is 5.69 Å². The van der Waals surface area contributed by atoms with E-state index in [0.29, 0.717) is 0 Å². The Labute approximate surface area is 244 Å². The van der Waals surface area contributed by atoms with Crippen molar-refractivity contribution in [3.63, 3.8) is 0 Å². The maximum atomic E-state index is 6.71. The van der Waals surface area contributed by atoms with Gasteiger partial charge in [0.05, 0.1) is 0 Å². The van der Waals surface area contributed by atoms with Crippen LogP contribution < -0.4 is 0 Å². The first kappa shape index (κ1) is 22.7. The molecule has 196 valence electrons. The number of hydrogen-bond donors (Lipinski definition) is 0. The summed E-state index contributed by atoms with van der Waals surface area (Å²) in [5, 5.41) is 4.75. The predicted octanol–water partition coefficient (Wildman–Crippen LogP) is 9.52. The molecular formula is C35H21NO3Se2. The second-order valence-electron chi connectivity index (χ2n) is 11.2. The molecule has 0 radical (unpaired) electrons. The molecule has 0 amide bonds. The van der Waals surface area contributed by atoms with E-state index in [1.54, 1.807) is 0 Å². The summed E-state index contributed by atoms with van der Waals surface area (Å²) in [4.78, 5) is 0. The van der Waals surface area contributed by atoms with Gasteiger partial charge in [0.15, 0.2) is 0 Å². The molecule has 0 aliphatic carbocycles. The molecule has 0 bridgehead atoms. The zero-order valence-electron chi connectivity index (χ0n) is 22.4. The van der Waals surface area contributed by atoms with Crippen molar-refractivity contribution in [1.29, 1.82) is 0 Å². The van der Waals surface area contributed by atoms with Crippen LogP contribution in [-0.2, 0) is 0 Å². The summed E-state index contributed by atoms with van der Waals surface area (Å²) in [5.41, 5.74) is 12.3. The number of furan rings is 3. The summed E-state index contributed by atoms with van der Waals surface area (Å²) in [6, 6.07) is 26.4. The number of nitrogens with zero attached hydrogens (tertiary/aromatic N) is 1. The van der Waals surface area contributed by atoms with E-state index in [-0.39, 0.29) is 29.0 Å². The predicted molar refractivity (Wildman–Crippen MR) is 171 cm³/mol. The van der Waals surface area contributed by atoms with Crippen molar-refractivity contribution >= 4 is 112 Å². The average molecular weight is 661 g/mol. The fourth-order valence-electron chi connectivity index (χ4n) is 6.44. The molecule has 10 rings (SSSR count). The minimum absolute atomic E-state index is 0.221. The molecule has 4 nitrogen and oxygen atoms in total. The Hall–Kier alpha value is -3.92. The van der Waals surface area contributed by atoms with E-state index in [1.807, 2.05) is 0 Å². The molecule has 0 N–H and O–H groups in total. The van der Waals surface area contributed by atoms with Crippen molar-refractivity contribution in [3.05, 3.63) is 89.5 Å². The number of fused-ring (bicyclic) bond motifs is 14. The van der Waals surface area contributed by atoms with E-state index in [1.165, 1.54) is 44.5 Å². The molecule has 0 aliphatic rings. The molecular weight excluding hydrogens is 640 g/mol. The molecule has 41 heavy (non-hydrogen) atoms. The van der Waals surface area contributed by atoms with E-state index in [4.69, 9.17) is 13.3 Å². The van der Waals surface area contributed by atoms with Gasteiger partial charge in [-0.15, -0.1) is 0 Å². The van der Waals surface area contributed by atoms with Crippen LogP contribution in [0.25, 0.3) is 88.8 Å². The van der Waals surface area contributed by atoms with Crippen LogP contribution in [0.5, 0.6) is 0 Å². The van der Waals surface area contributed by atoms with Crippen LogP contribution in [0.4, 0.5) is 0 Å². The van der Waals surface area contributed by atoms with Crippen molar-refractivity contribution in [1.82, 2.24) is 4.57 Å². The second kappa shape index (κ2) is 7.67. The van der Waals surface area contributed by atoms with E-state index >= 15 is 0 Å². The van der Waals surface area contributed by atoms with Gasteiger partial charge in [-0.05, 0) is 0 Å². The standard InChI is InChI=1S/C35H21NO3Se2/c1-16-4-8-19(9-5-16)36-28-20-10-6-17(2)12-24(20)37-30(28)31-29(36)22-14-26-23(15-25(22)38-31)33-32(39-26)35-34(41-33)21-11-7-18(3)13-27(21)40-35/h4-15H,1-3H3. The number of benzene rings is 4. The SMILES string of the molecule is Cc1ccc(-n2c3c4ccc(C)cc4oc3c3oc4cc5c(cc4c32)oc2c5[se]c3c4ccc(C)cc4[se]c23)cc1. The third-order valence-corrected chi connectivity index (χ3v) is 14.1. The first-order valence-electron chi connectivity index (χ1n) is 13.7. The van der Waals surface area contributed by atoms with E-state index in [2.05, 4.69) is 98.1 Å². The van der Waals surface area contributed by atoms with Crippen molar-refractivity contribution in [2.24, 2.45) is 0 Å². The van der Waals surface area contributed by atoms with Gasteiger partial charge in [0.1, 0.15) is 0 Å². The quantitative estimate of drug-likeness (QED) is 0.165. The van der Waals surface area contributed by atoms with Gasteiger partial charge in [0.2, 0.25) is 0 Å². The monoisotopic (exact) mass is 663 g/mol. The summed E-state index contributed by atoms with van der Waals surface area (Å²) in [7, 11) is 0. The Bertz CT molecular complexity index is 2720. The molecule has 0 unspecified atom stereocenters. The van der Waals surface area contributed by atoms with Crippen LogP contribution in [-0.4, -0.2) is 33.6 Å². The van der Waals surface area contributed by atoms with Gasteiger partial charge in [-0.1, -0.05) is 0 Å². The average Bonchev–Trinajstić information content (AvgIpc) is 3.76. The molecule has 0 saturated heterocycles. The summed E-state index contributed by atoms with van der Waals surface area (Å²) >= 11 is 0.507. The Kier molecular flexibility index (Phi) is 4.25. The molecule has 10 aromatic rings. The fourth-order valence-corrected chi connectivity index (χ4v) is 13.0. The number of rotatable bonds is 1. The summed E-state index contributed by atoms with van der Waals surface area (Å²) in [6.07, 6.45) is 0. The third-order valence-electron chi connectivity index (χ3n) is 8.40. The topological polar surface area (TPSA) is 44.4 Å². The van der Waals surface area contributed by atoms with Crippen LogP contribution in [0.1, 0.15) is 16.7 Å². The fraction of sp³-hybridized carbons (Fsp3) is 0.0857. The molecule has 6 heteroatoms. The first-order valence-corrected chi connectivity index (χ1v) is 17.1. The number of aromatic nitrogens is 1. The van der Waals surface area contributed by atoms with E-state index < -0.39 is 0 Å². The van der Waals surface area contributed by atoms with Crippen LogP contribution in [0.15, 0.2) is 86.0 Å². The molecule has 6 aromatic heterocycles. The Morgan fingerprint density at radius 3 is 1.90 bits per heavy atom. The van der Waals surface area contributed by atoms with Crippen LogP contribution in [0.2, 0.25) is 0 Å². The molecule has 0 spiro atoms. The minimum atomic E-state index is 0.221. The maximum absolute atomic E-state index is 6.71. The molecule has 6 heterocycles. The molecule has 0 aliphatic heterocycles. The van der Waals surface area contributed by atoms with E-state index in [0.717, 1.165) is 61.0 Å². The molecule has 0 saturated carbocycles. The number of hydrogen-bond acceptors (Lipinski definition) is 3. The first-order chi connectivity index (χ1) is 20.0. The van der Waals surface area contributed by atoms with Crippen molar-refractivity contribution in [2.75, 3.05) is 0 Å². The zero-order valence-corrected chi connectivity index (χ0v) is 25.8. The van der Waals surface area contributed by atoms with Gasteiger partial charge in [0, 0.05) is 0 Å². The third kappa shape index (κ3) is 2.91. The van der Waals surface area contributed by atoms with Crippen LogP contribution >= 0.6 is 0 Å². The molecule has 4 aromatic carbocycles. The van der Waals surface area contributed by atoms with E-state index in [9.17, 15) is 0 Å². The van der Waals surface area contributed by atoms with Gasteiger partial charge < -0.3 is 0 Å². The normalized spacial score (nSPS) is 12.8. The Morgan fingerprint density at radius 1 is 0.488 bits per heavy atom. The Morgan fingerprint density at radius 2 is 1.10 bits per heavy atom. The zero-order chi connectivity index (χ0) is 27.1. The number of aryl methyl sites for hydroxylation is 3. The van der Waals surface area contributed by atoms with Gasteiger partial charge >= 0.3 is 246 Å². The van der Waals surface area contributed by atoms with Gasteiger partial charge in [-0.3, -0.25) is 0 Å². The van der Waals surface area contributed by atoms with Gasteiger partial charge in [-0.25, -0.2) is 0 Å². The van der Waals surface area contributed by atoms with Crippen molar-refractivity contribution < 1.29 is 13.3 Å². The van der Waals surface area contributed by atoms with Crippen LogP contribution in [0, 0.1) is 20.8 Å². The molecule has 0 fully saturated rings. The summed E-state index contributed by atoms with van der Waals surface area (Å²) in [5.74, 6) is 0. The second-order valence-corrected chi connectivity index (χ2v) is 15.5. The molecule has 0 atom stereocenters. The van der Waals surface area contributed by atoms with Gasteiger partial charge in [0.25, 0.3) is 0 Å². The summed E-state index contributed by atoms with van der Waals surface area (Å²) < 4.78 is 28.0. The van der Waals surface area contributed by atoms with Gasteiger partial charge in [-0.2, -0.15) is 0 Å². The van der Waals surface area contributed by atoms with Crippen LogP contribution in [0.3, 0.4) is 0 Å². The summed E-state index contributed by atoms with van der Waals surface area (Å²) in [6.45, 7) is 6.40. The Balaban J connectivity index is 1.33.